The summed E-state index contributed by atoms with van der Waals surface area (Å²) in [4.78, 5) is 10.4. The highest BCUT2D eigenvalue weighted by molar-refractivity contribution is 5.67. The van der Waals surface area contributed by atoms with E-state index in [0.29, 0.717) is 11.6 Å². The average molecular weight is 224 g/mol. The number of methoxy groups -OCH3 is 1. The number of rotatable bonds is 6. The van der Waals surface area contributed by atoms with Crippen molar-refractivity contribution < 1.29 is 4.74 Å². The standard InChI is InChI=1S/C11H20N4O/c1-4-6-15(7-5-2)10-9(12)11(16-3)14-8-13-10/h8H,4-7,12H2,1-3H3. The van der Waals surface area contributed by atoms with Crippen LogP contribution in [0.3, 0.4) is 0 Å². The zero-order chi connectivity index (χ0) is 12.0. The van der Waals surface area contributed by atoms with Crippen molar-refractivity contribution in [3.05, 3.63) is 6.33 Å². The van der Waals surface area contributed by atoms with E-state index in [2.05, 4.69) is 28.7 Å². The summed E-state index contributed by atoms with van der Waals surface area (Å²) in [5.74, 6) is 1.22. The predicted octanol–water partition coefficient (Wildman–Crippen LogP) is 1.69. The summed E-state index contributed by atoms with van der Waals surface area (Å²) in [5.41, 5.74) is 6.48. The third-order valence-corrected chi connectivity index (χ3v) is 2.31. The molecule has 90 valence electrons. The topological polar surface area (TPSA) is 64.3 Å². The van der Waals surface area contributed by atoms with Gasteiger partial charge in [-0.15, -0.1) is 0 Å². The Morgan fingerprint density at radius 1 is 1.25 bits per heavy atom. The van der Waals surface area contributed by atoms with Gasteiger partial charge in [-0.1, -0.05) is 13.8 Å². The van der Waals surface area contributed by atoms with Crippen LogP contribution in [0.2, 0.25) is 0 Å². The molecule has 0 bridgehead atoms. The summed E-state index contributed by atoms with van der Waals surface area (Å²) < 4.78 is 5.09. The lowest BCUT2D eigenvalue weighted by Crippen LogP contribution is -2.27. The van der Waals surface area contributed by atoms with Gasteiger partial charge in [-0.05, 0) is 12.8 Å². The van der Waals surface area contributed by atoms with Crippen LogP contribution in [0.15, 0.2) is 6.33 Å². The molecule has 1 heterocycles. The number of aromatic nitrogens is 2. The van der Waals surface area contributed by atoms with E-state index in [-0.39, 0.29) is 0 Å². The molecule has 1 aromatic rings. The van der Waals surface area contributed by atoms with E-state index < -0.39 is 0 Å². The lowest BCUT2D eigenvalue weighted by atomic mass is 10.3. The van der Waals surface area contributed by atoms with Crippen LogP contribution in [-0.4, -0.2) is 30.2 Å². The van der Waals surface area contributed by atoms with Gasteiger partial charge in [-0.25, -0.2) is 4.98 Å². The van der Waals surface area contributed by atoms with E-state index in [1.807, 2.05) is 0 Å². The molecule has 0 aromatic carbocycles. The molecule has 0 spiro atoms. The molecule has 0 saturated heterocycles. The molecule has 0 unspecified atom stereocenters. The van der Waals surface area contributed by atoms with Gasteiger partial charge in [-0.3, -0.25) is 0 Å². The second-order valence-corrected chi connectivity index (χ2v) is 3.61. The van der Waals surface area contributed by atoms with Gasteiger partial charge in [-0.2, -0.15) is 4.98 Å². The minimum absolute atomic E-state index is 0.446. The molecule has 0 aliphatic rings. The maximum Gasteiger partial charge on any atom is 0.242 e. The SMILES string of the molecule is CCCN(CCC)c1ncnc(OC)c1N. The van der Waals surface area contributed by atoms with Gasteiger partial charge in [0.1, 0.15) is 12.0 Å². The first-order valence-electron chi connectivity index (χ1n) is 5.63. The molecule has 1 rings (SSSR count). The highest BCUT2D eigenvalue weighted by Gasteiger charge is 2.13. The molecular weight excluding hydrogens is 204 g/mol. The third kappa shape index (κ3) is 2.74. The molecule has 16 heavy (non-hydrogen) atoms. The van der Waals surface area contributed by atoms with Crippen LogP contribution in [-0.2, 0) is 0 Å². The Kier molecular flexibility index (Phi) is 4.82. The number of anilines is 2. The van der Waals surface area contributed by atoms with E-state index >= 15 is 0 Å². The van der Waals surface area contributed by atoms with Crippen LogP contribution >= 0.6 is 0 Å². The highest BCUT2D eigenvalue weighted by atomic mass is 16.5. The Labute approximate surface area is 96.6 Å². The van der Waals surface area contributed by atoms with Crippen LogP contribution in [0.1, 0.15) is 26.7 Å². The van der Waals surface area contributed by atoms with Crippen molar-refractivity contribution in [2.45, 2.75) is 26.7 Å². The Morgan fingerprint density at radius 3 is 2.38 bits per heavy atom. The first-order valence-corrected chi connectivity index (χ1v) is 5.63. The maximum atomic E-state index is 5.96. The van der Waals surface area contributed by atoms with E-state index in [4.69, 9.17) is 10.5 Å². The third-order valence-electron chi connectivity index (χ3n) is 2.31. The van der Waals surface area contributed by atoms with Crippen LogP contribution in [0.4, 0.5) is 11.5 Å². The molecule has 0 aliphatic carbocycles. The van der Waals surface area contributed by atoms with Crippen molar-refractivity contribution in [2.75, 3.05) is 30.8 Å². The van der Waals surface area contributed by atoms with Crippen LogP contribution in [0.25, 0.3) is 0 Å². The fraction of sp³-hybridized carbons (Fsp3) is 0.636. The second kappa shape index (κ2) is 6.15. The summed E-state index contributed by atoms with van der Waals surface area (Å²) in [7, 11) is 1.56. The first kappa shape index (κ1) is 12.5. The molecule has 5 nitrogen and oxygen atoms in total. The van der Waals surface area contributed by atoms with Crippen molar-refractivity contribution in [3.63, 3.8) is 0 Å². The first-order chi connectivity index (χ1) is 7.74. The smallest absolute Gasteiger partial charge is 0.242 e. The maximum absolute atomic E-state index is 5.96. The van der Waals surface area contributed by atoms with Crippen molar-refractivity contribution in [3.8, 4) is 5.88 Å². The number of ether oxygens (including phenoxy) is 1. The predicted molar refractivity (Wildman–Crippen MR) is 65.8 cm³/mol. The average Bonchev–Trinajstić information content (AvgIpc) is 2.29. The van der Waals surface area contributed by atoms with Crippen LogP contribution in [0, 0.1) is 0 Å². The molecule has 0 fully saturated rings. The van der Waals surface area contributed by atoms with E-state index in [0.717, 1.165) is 31.7 Å². The number of hydrogen-bond acceptors (Lipinski definition) is 5. The Bertz CT molecular complexity index is 324. The van der Waals surface area contributed by atoms with Gasteiger partial charge < -0.3 is 15.4 Å². The van der Waals surface area contributed by atoms with Gasteiger partial charge in [0.05, 0.1) is 7.11 Å². The normalized spacial score (nSPS) is 10.2. The summed E-state index contributed by atoms with van der Waals surface area (Å²) >= 11 is 0. The van der Waals surface area contributed by atoms with Crippen molar-refractivity contribution in [1.82, 2.24) is 9.97 Å². The molecule has 0 saturated carbocycles. The molecule has 0 radical (unpaired) electrons. The zero-order valence-corrected chi connectivity index (χ0v) is 10.2. The summed E-state index contributed by atoms with van der Waals surface area (Å²) in [6.45, 7) is 6.16. The fourth-order valence-electron chi connectivity index (χ4n) is 1.65. The van der Waals surface area contributed by atoms with E-state index in [9.17, 15) is 0 Å². The Morgan fingerprint density at radius 2 is 1.88 bits per heavy atom. The molecular formula is C11H20N4O. The van der Waals surface area contributed by atoms with Crippen molar-refractivity contribution >= 4 is 11.5 Å². The van der Waals surface area contributed by atoms with Crippen molar-refractivity contribution in [1.29, 1.82) is 0 Å². The van der Waals surface area contributed by atoms with Gasteiger partial charge in [0, 0.05) is 13.1 Å². The van der Waals surface area contributed by atoms with Crippen LogP contribution in [0.5, 0.6) is 5.88 Å². The number of nitrogen functional groups attached to an aromatic ring is 1. The van der Waals surface area contributed by atoms with E-state index in [1.165, 1.54) is 6.33 Å². The van der Waals surface area contributed by atoms with Gasteiger partial charge in [0.15, 0.2) is 5.82 Å². The van der Waals surface area contributed by atoms with E-state index in [1.54, 1.807) is 7.11 Å². The summed E-state index contributed by atoms with van der Waals surface area (Å²) in [5, 5.41) is 0. The molecule has 0 amide bonds. The number of nitrogens with two attached hydrogens (primary N) is 1. The lowest BCUT2D eigenvalue weighted by Gasteiger charge is -2.23. The molecule has 0 aliphatic heterocycles. The number of nitrogens with zero attached hydrogens (tertiary/aromatic N) is 3. The highest BCUT2D eigenvalue weighted by Crippen LogP contribution is 2.27. The molecule has 5 heteroatoms. The quantitative estimate of drug-likeness (QED) is 0.796. The van der Waals surface area contributed by atoms with Gasteiger partial charge >= 0.3 is 0 Å². The van der Waals surface area contributed by atoms with Gasteiger partial charge in [0.2, 0.25) is 5.88 Å². The van der Waals surface area contributed by atoms with Crippen molar-refractivity contribution in [2.24, 2.45) is 0 Å². The number of hydrogen-bond donors (Lipinski definition) is 1. The summed E-state index contributed by atoms with van der Waals surface area (Å²) in [6, 6.07) is 0. The van der Waals surface area contributed by atoms with Gasteiger partial charge in [0.25, 0.3) is 0 Å². The second-order valence-electron chi connectivity index (χ2n) is 3.61. The summed E-state index contributed by atoms with van der Waals surface area (Å²) in [6.07, 6.45) is 3.61. The molecule has 2 N–H and O–H groups in total. The Hall–Kier alpha value is -1.52. The fourth-order valence-corrected chi connectivity index (χ4v) is 1.65. The lowest BCUT2D eigenvalue weighted by molar-refractivity contribution is 0.399. The largest absolute Gasteiger partial charge is 0.479 e. The Balaban J connectivity index is 2.98. The zero-order valence-electron chi connectivity index (χ0n) is 10.2. The van der Waals surface area contributed by atoms with Crippen LogP contribution < -0.4 is 15.4 Å². The molecule has 1 aromatic heterocycles. The minimum atomic E-state index is 0.446. The minimum Gasteiger partial charge on any atom is -0.479 e. The monoisotopic (exact) mass is 224 g/mol. The molecule has 0 atom stereocenters.